The highest BCUT2D eigenvalue weighted by Gasteiger charge is 2.55. The van der Waals surface area contributed by atoms with E-state index in [1.54, 1.807) is 30.5 Å². The van der Waals surface area contributed by atoms with Gasteiger partial charge in [0, 0.05) is 30.1 Å². The second-order valence-electron chi connectivity index (χ2n) is 10.5. The number of fused-ring (bicyclic) bond motifs is 1. The Kier molecular flexibility index (Phi) is 7.82. The third-order valence-electron chi connectivity index (χ3n) is 7.28. The lowest BCUT2D eigenvalue weighted by molar-refractivity contribution is -0.138. The van der Waals surface area contributed by atoms with Gasteiger partial charge in [-0.05, 0) is 43.0 Å². The number of rotatable bonds is 8. The van der Waals surface area contributed by atoms with Crippen LogP contribution in [0.15, 0.2) is 65.8 Å². The molecule has 0 spiro atoms. The van der Waals surface area contributed by atoms with Gasteiger partial charge in [-0.25, -0.2) is 13.4 Å². The van der Waals surface area contributed by atoms with E-state index in [-0.39, 0.29) is 24.4 Å². The highest BCUT2D eigenvalue weighted by molar-refractivity contribution is 8.04. The zero-order chi connectivity index (χ0) is 29.3. The summed E-state index contributed by atoms with van der Waals surface area (Å²) in [7, 11) is -4.53. The number of likely N-dealkylation sites (tertiary alicyclic amines) is 1. The minimum atomic E-state index is -4.53. The number of hydrogen-bond donors (Lipinski definition) is 1. The second kappa shape index (κ2) is 11.3. The van der Waals surface area contributed by atoms with Crippen LogP contribution in [0.2, 0.25) is 0 Å². The summed E-state index contributed by atoms with van der Waals surface area (Å²) in [5, 5.41) is 1.65. The molecule has 2 aliphatic rings. The van der Waals surface area contributed by atoms with Gasteiger partial charge in [0.25, 0.3) is 21.0 Å². The van der Waals surface area contributed by atoms with Crippen LogP contribution in [-0.2, 0) is 19.6 Å². The van der Waals surface area contributed by atoms with Crippen LogP contribution < -0.4 is 5.32 Å². The Morgan fingerprint density at radius 2 is 1.83 bits per heavy atom. The first-order valence-corrected chi connectivity index (χ1v) is 14.6. The van der Waals surface area contributed by atoms with Crippen molar-refractivity contribution in [2.24, 2.45) is 5.92 Å². The Hall–Kier alpha value is -4.23. The Bertz CT molecular complexity index is 1560. The van der Waals surface area contributed by atoms with E-state index in [0.717, 1.165) is 16.1 Å². The molecule has 0 bridgehead atoms. The molecular weight excluding hydrogens is 550 g/mol. The summed E-state index contributed by atoms with van der Waals surface area (Å²) in [5.41, 5.74) is 0.957. The average molecular weight is 580 g/mol. The molecule has 0 saturated carbocycles. The molecule has 41 heavy (non-hydrogen) atoms. The smallest absolute Gasteiger partial charge is 0.293 e. The van der Waals surface area contributed by atoms with Crippen LogP contribution in [0.1, 0.15) is 47.4 Å². The normalized spacial score (nSPS) is 19.8. The van der Waals surface area contributed by atoms with Crippen LogP contribution in [-0.4, -0.2) is 81.5 Å². The fourth-order valence-corrected chi connectivity index (χ4v) is 6.86. The molecule has 0 aliphatic carbocycles. The summed E-state index contributed by atoms with van der Waals surface area (Å²) in [6.07, 6.45) is 5.93. The van der Waals surface area contributed by atoms with Gasteiger partial charge in [0.1, 0.15) is 12.1 Å². The fraction of sp³-hybridized carbons (Fsp3) is 0.357. The minimum Gasteiger partial charge on any atom is -0.444 e. The molecule has 1 aromatic carbocycles. The maximum absolute atomic E-state index is 13.8. The lowest BCUT2D eigenvalue weighted by Crippen LogP contribution is -2.53. The quantitative estimate of drug-likeness (QED) is 0.420. The molecule has 3 unspecified atom stereocenters. The number of nitrogens with one attached hydrogen (secondary N) is 1. The molecule has 214 valence electrons. The van der Waals surface area contributed by atoms with Gasteiger partial charge < -0.3 is 14.6 Å². The fourth-order valence-electron chi connectivity index (χ4n) is 5.36. The van der Waals surface area contributed by atoms with E-state index < -0.39 is 57.4 Å². The number of Topliss-reactive ketones (excluding diaryl/α,β-unsaturated/α-hetero) is 1. The SMILES string of the molecule is CC(C)CC(NC(=O)c1ccc(-c2cnco2)cc1)C(=O)N1CCC2C1C(=O)CN2S(=O)(=O)C(=O)c1cccnc1. The van der Waals surface area contributed by atoms with E-state index >= 15 is 0 Å². The topological polar surface area (TPSA) is 160 Å². The van der Waals surface area contributed by atoms with Gasteiger partial charge in [-0.1, -0.05) is 26.0 Å². The largest absolute Gasteiger partial charge is 0.444 e. The van der Waals surface area contributed by atoms with Crippen molar-refractivity contribution in [3.05, 3.63) is 72.5 Å². The van der Waals surface area contributed by atoms with Crippen LogP contribution >= 0.6 is 0 Å². The Morgan fingerprint density at radius 3 is 2.46 bits per heavy atom. The monoisotopic (exact) mass is 579 g/mol. The van der Waals surface area contributed by atoms with Crippen molar-refractivity contribution in [3.63, 3.8) is 0 Å². The number of hydrogen-bond acceptors (Lipinski definition) is 9. The number of nitrogens with zero attached hydrogens (tertiary/aromatic N) is 4. The maximum atomic E-state index is 13.8. The number of amides is 2. The molecule has 2 amide bonds. The van der Waals surface area contributed by atoms with Gasteiger partial charge in [0.15, 0.2) is 17.9 Å². The molecule has 2 fully saturated rings. The summed E-state index contributed by atoms with van der Waals surface area (Å²) in [6.45, 7) is 3.42. The summed E-state index contributed by atoms with van der Waals surface area (Å²) in [4.78, 5) is 61.8. The van der Waals surface area contributed by atoms with Crippen molar-refractivity contribution >= 4 is 32.7 Å². The van der Waals surface area contributed by atoms with Crippen LogP contribution in [0.4, 0.5) is 0 Å². The number of benzene rings is 1. The molecule has 3 atom stereocenters. The molecule has 2 aliphatic heterocycles. The van der Waals surface area contributed by atoms with Crippen LogP contribution in [0, 0.1) is 5.92 Å². The third kappa shape index (κ3) is 5.55. The molecule has 4 heterocycles. The summed E-state index contributed by atoms with van der Waals surface area (Å²) in [6, 6.07) is 6.58. The lowest BCUT2D eigenvalue weighted by atomic mass is 10.0. The van der Waals surface area contributed by atoms with Crippen molar-refractivity contribution in [3.8, 4) is 11.3 Å². The Labute approximate surface area is 236 Å². The van der Waals surface area contributed by atoms with E-state index in [2.05, 4.69) is 15.3 Å². The van der Waals surface area contributed by atoms with Gasteiger partial charge in [-0.15, -0.1) is 0 Å². The van der Waals surface area contributed by atoms with E-state index in [9.17, 15) is 27.6 Å². The van der Waals surface area contributed by atoms with Crippen LogP contribution in [0.25, 0.3) is 11.3 Å². The molecule has 13 heteroatoms. The summed E-state index contributed by atoms with van der Waals surface area (Å²) in [5.74, 6) is -0.824. The van der Waals surface area contributed by atoms with Crippen molar-refractivity contribution < 1.29 is 32.0 Å². The number of carbonyl (C=O) groups excluding carboxylic acids is 4. The maximum Gasteiger partial charge on any atom is 0.293 e. The molecule has 12 nitrogen and oxygen atoms in total. The Balaban J connectivity index is 1.32. The number of oxazole rings is 1. The predicted molar refractivity (Wildman–Crippen MR) is 146 cm³/mol. The van der Waals surface area contributed by atoms with E-state index in [4.69, 9.17) is 4.42 Å². The van der Waals surface area contributed by atoms with Gasteiger partial charge in [-0.3, -0.25) is 24.2 Å². The minimum absolute atomic E-state index is 0.0322. The van der Waals surface area contributed by atoms with Gasteiger partial charge in [0.2, 0.25) is 5.91 Å². The van der Waals surface area contributed by atoms with E-state index in [0.29, 0.717) is 17.7 Å². The molecule has 3 aromatic rings. The molecular formula is C28H29N5O7S. The van der Waals surface area contributed by atoms with E-state index in [1.165, 1.54) is 29.6 Å². The molecule has 5 rings (SSSR count). The standard InChI is InChI=1S/C28H29N5O7S/c1-17(2)12-21(31-26(35)19-7-5-18(6-8-19)24-14-30-16-40-24)27(36)32-11-9-22-25(32)23(34)15-33(22)41(38,39)28(37)20-4-3-10-29-13-20/h3-8,10,13-14,16-17,21-22,25H,9,11-12,15H2,1-2H3,(H,31,35). The number of aromatic nitrogens is 2. The van der Waals surface area contributed by atoms with Crippen molar-refractivity contribution in [2.75, 3.05) is 13.1 Å². The van der Waals surface area contributed by atoms with Crippen LogP contribution in [0.3, 0.4) is 0 Å². The van der Waals surface area contributed by atoms with Gasteiger partial charge in [-0.2, -0.15) is 4.31 Å². The lowest BCUT2D eigenvalue weighted by Gasteiger charge is -2.29. The van der Waals surface area contributed by atoms with Crippen LogP contribution in [0.5, 0.6) is 0 Å². The van der Waals surface area contributed by atoms with Crippen molar-refractivity contribution in [1.82, 2.24) is 24.5 Å². The second-order valence-corrected chi connectivity index (χ2v) is 12.3. The molecule has 2 saturated heterocycles. The predicted octanol–water partition coefficient (Wildman–Crippen LogP) is 1.91. The highest BCUT2D eigenvalue weighted by atomic mass is 32.2. The molecule has 1 N–H and O–H groups in total. The number of ketones is 1. The zero-order valence-electron chi connectivity index (χ0n) is 22.5. The molecule has 2 aromatic heterocycles. The zero-order valence-corrected chi connectivity index (χ0v) is 23.3. The van der Waals surface area contributed by atoms with Gasteiger partial charge >= 0.3 is 0 Å². The highest BCUT2D eigenvalue weighted by Crippen LogP contribution is 2.33. The first-order valence-electron chi connectivity index (χ1n) is 13.2. The van der Waals surface area contributed by atoms with Crippen molar-refractivity contribution in [1.29, 1.82) is 0 Å². The first-order chi connectivity index (χ1) is 19.6. The van der Waals surface area contributed by atoms with E-state index in [1.807, 2.05) is 13.8 Å². The Morgan fingerprint density at radius 1 is 1.07 bits per heavy atom. The summed E-state index contributed by atoms with van der Waals surface area (Å²) >= 11 is 0. The number of carbonyl (C=O) groups is 4. The molecule has 0 radical (unpaired) electrons. The number of sulfonamides is 1. The summed E-state index contributed by atoms with van der Waals surface area (Å²) < 4.78 is 32.6. The van der Waals surface area contributed by atoms with Gasteiger partial charge in [0.05, 0.1) is 24.3 Å². The van der Waals surface area contributed by atoms with Crippen molar-refractivity contribution in [2.45, 2.75) is 44.8 Å². The first kappa shape index (κ1) is 28.3. The third-order valence-corrected chi connectivity index (χ3v) is 9.00. The number of pyridine rings is 1. The average Bonchev–Trinajstić information content (AvgIpc) is 3.71.